The van der Waals surface area contributed by atoms with Crippen molar-refractivity contribution in [2.24, 2.45) is 0 Å². The Morgan fingerprint density at radius 1 is 1.56 bits per heavy atom. The van der Waals surface area contributed by atoms with E-state index in [4.69, 9.17) is 16.7 Å². The third-order valence-corrected chi connectivity index (χ3v) is 4.25. The van der Waals surface area contributed by atoms with Crippen LogP contribution in [0.3, 0.4) is 0 Å². The number of aromatic carboxylic acids is 1. The Labute approximate surface area is 117 Å². The van der Waals surface area contributed by atoms with Gasteiger partial charge < -0.3 is 5.11 Å². The molecule has 0 unspecified atom stereocenters. The van der Waals surface area contributed by atoms with Gasteiger partial charge in [-0.2, -0.15) is 4.37 Å². The van der Waals surface area contributed by atoms with Crippen LogP contribution in [0.4, 0.5) is 0 Å². The molecule has 1 aromatic heterocycles. The molecule has 0 saturated carbocycles. The highest BCUT2D eigenvalue weighted by Gasteiger charge is 2.11. The summed E-state index contributed by atoms with van der Waals surface area (Å²) >= 11 is 8.50. The molecule has 0 aliphatic carbocycles. The number of hydrogen-bond donors (Lipinski definition) is 1. The van der Waals surface area contributed by atoms with Gasteiger partial charge in [0, 0.05) is 11.3 Å². The number of benzene rings is 1. The molecule has 2 rings (SSSR count). The molecule has 4 nitrogen and oxygen atoms in total. The van der Waals surface area contributed by atoms with E-state index in [2.05, 4.69) is 9.36 Å². The highest BCUT2D eigenvalue weighted by molar-refractivity contribution is 8.01. The number of rotatable bonds is 4. The minimum absolute atomic E-state index is 0.0990. The molecule has 0 aliphatic rings. The zero-order valence-corrected chi connectivity index (χ0v) is 11.8. The Hall–Kier alpha value is -1.11. The van der Waals surface area contributed by atoms with Crippen LogP contribution in [0.2, 0.25) is 5.02 Å². The summed E-state index contributed by atoms with van der Waals surface area (Å²) in [4.78, 5) is 16.1. The summed E-state index contributed by atoms with van der Waals surface area (Å²) in [6.45, 7) is 1.99. The molecule has 1 aromatic carbocycles. The van der Waals surface area contributed by atoms with E-state index in [1.165, 1.54) is 23.3 Å². The van der Waals surface area contributed by atoms with Crippen LogP contribution in [-0.4, -0.2) is 20.4 Å². The summed E-state index contributed by atoms with van der Waals surface area (Å²) in [6.07, 6.45) is 0.790. The second-order valence-electron chi connectivity index (χ2n) is 3.38. The predicted molar refractivity (Wildman–Crippen MR) is 71.8 cm³/mol. The maximum Gasteiger partial charge on any atom is 0.337 e. The molecule has 7 heteroatoms. The van der Waals surface area contributed by atoms with E-state index in [-0.39, 0.29) is 10.6 Å². The Kier molecular flexibility index (Phi) is 4.21. The number of aryl methyl sites for hydroxylation is 1. The van der Waals surface area contributed by atoms with Crippen LogP contribution < -0.4 is 0 Å². The van der Waals surface area contributed by atoms with E-state index in [1.807, 2.05) is 6.92 Å². The molecule has 94 valence electrons. The largest absolute Gasteiger partial charge is 0.478 e. The van der Waals surface area contributed by atoms with Gasteiger partial charge in [0.05, 0.1) is 10.6 Å². The molecule has 0 spiro atoms. The molecule has 0 amide bonds. The fourth-order valence-corrected chi connectivity index (χ4v) is 3.17. The Bertz CT molecular complexity index is 586. The average Bonchev–Trinajstić information content (AvgIpc) is 2.79. The van der Waals surface area contributed by atoms with Crippen LogP contribution >= 0.6 is 34.9 Å². The highest BCUT2D eigenvalue weighted by atomic mass is 35.5. The first-order valence-corrected chi connectivity index (χ1v) is 7.10. The summed E-state index contributed by atoms with van der Waals surface area (Å²) in [5.74, 6) is -0.233. The van der Waals surface area contributed by atoms with Crippen LogP contribution in [0, 0.1) is 0 Å². The van der Waals surface area contributed by atoms with Gasteiger partial charge in [0.2, 0.25) is 0 Å². The maximum atomic E-state index is 11.0. The van der Waals surface area contributed by atoms with E-state index in [0.717, 1.165) is 21.5 Å². The van der Waals surface area contributed by atoms with Crippen molar-refractivity contribution in [3.8, 4) is 0 Å². The number of carboxylic acids is 1. The van der Waals surface area contributed by atoms with E-state index >= 15 is 0 Å². The zero-order valence-electron chi connectivity index (χ0n) is 9.38. The minimum atomic E-state index is -1.03. The lowest BCUT2D eigenvalue weighted by atomic mass is 10.2. The normalized spacial score (nSPS) is 10.6. The molecular weight excluding hydrogens is 292 g/mol. The van der Waals surface area contributed by atoms with Gasteiger partial charge in [0.15, 0.2) is 4.34 Å². The first kappa shape index (κ1) is 13.3. The second-order valence-corrected chi connectivity index (χ2v) is 5.86. The molecule has 0 saturated heterocycles. The first-order valence-electron chi connectivity index (χ1n) is 5.13. The number of carbonyl (C=O) groups is 1. The fraction of sp³-hybridized carbons (Fsp3) is 0.182. The highest BCUT2D eigenvalue weighted by Crippen LogP contribution is 2.31. The summed E-state index contributed by atoms with van der Waals surface area (Å²) in [7, 11) is 0. The molecule has 0 radical (unpaired) electrons. The van der Waals surface area contributed by atoms with Crippen molar-refractivity contribution < 1.29 is 9.90 Å². The fourth-order valence-electron chi connectivity index (χ4n) is 1.26. The number of aromatic nitrogens is 2. The number of carboxylic acid groups (broad SMARTS) is 1. The third-order valence-electron chi connectivity index (χ3n) is 2.14. The topological polar surface area (TPSA) is 63.1 Å². The van der Waals surface area contributed by atoms with Crippen molar-refractivity contribution in [2.75, 3.05) is 0 Å². The monoisotopic (exact) mass is 300 g/mol. The maximum absolute atomic E-state index is 11.0. The molecule has 0 fully saturated rings. The van der Waals surface area contributed by atoms with Crippen LogP contribution in [0.25, 0.3) is 0 Å². The van der Waals surface area contributed by atoms with Crippen LogP contribution in [0.15, 0.2) is 27.4 Å². The lowest BCUT2D eigenvalue weighted by molar-refractivity contribution is 0.0697. The Morgan fingerprint density at radius 2 is 2.33 bits per heavy atom. The zero-order chi connectivity index (χ0) is 13.1. The van der Waals surface area contributed by atoms with Gasteiger partial charge in [-0.1, -0.05) is 30.3 Å². The predicted octanol–water partition coefficient (Wildman–Crippen LogP) is 3.60. The van der Waals surface area contributed by atoms with Crippen LogP contribution in [0.1, 0.15) is 23.1 Å². The van der Waals surface area contributed by atoms with E-state index in [9.17, 15) is 4.79 Å². The summed E-state index contributed by atoms with van der Waals surface area (Å²) < 4.78 is 4.97. The first-order chi connectivity index (χ1) is 8.60. The third kappa shape index (κ3) is 3.01. The molecule has 1 N–H and O–H groups in total. The number of halogens is 1. The van der Waals surface area contributed by atoms with Crippen molar-refractivity contribution in [1.82, 2.24) is 9.36 Å². The summed E-state index contributed by atoms with van der Waals surface area (Å²) in [5.41, 5.74) is 0.0990. The standard InChI is InChI=1S/C11H9ClN2O2S2/c1-2-9-13-11(18-14-9)17-6-3-4-8(12)7(5-6)10(15)16/h3-5H,2H2,1H3,(H,15,16). The van der Waals surface area contributed by atoms with Gasteiger partial charge in [0.25, 0.3) is 0 Å². The molecule has 0 bridgehead atoms. The number of hydrogen-bond acceptors (Lipinski definition) is 5. The van der Waals surface area contributed by atoms with Gasteiger partial charge in [0.1, 0.15) is 5.82 Å². The van der Waals surface area contributed by atoms with Crippen molar-refractivity contribution in [3.05, 3.63) is 34.6 Å². The SMILES string of the molecule is CCc1nsc(Sc2ccc(Cl)c(C(=O)O)c2)n1. The summed E-state index contributed by atoms with van der Waals surface area (Å²) in [6, 6.07) is 4.89. The summed E-state index contributed by atoms with van der Waals surface area (Å²) in [5, 5.41) is 9.21. The molecule has 0 aliphatic heterocycles. The molecular formula is C11H9ClN2O2S2. The van der Waals surface area contributed by atoms with Gasteiger partial charge in [-0.15, -0.1) is 0 Å². The second kappa shape index (κ2) is 5.69. The van der Waals surface area contributed by atoms with Gasteiger partial charge in [-0.3, -0.25) is 0 Å². The van der Waals surface area contributed by atoms with E-state index < -0.39 is 5.97 Å². The van der Waals surface area contributed by atoms with Crippen molar-refractivity contribution >= 4 is 40.9 Å². The molecule has 0 atom stereocenters. The average molecular weight is 301 g/mol. The molecule has 1 heterocycles. The Balaban J connectivity index is 2.24. The van der Waals surface area contributed by atoms with Crippen LogP contribution in [0.5, 0.6) is 0 Å². The van der Waals surface area contributed by atoms with Crippen molar-refractivity contribution in [3.63, 3.8) is 0 Å². The van der Waals surface area contributed by atoms with Crippen molar-refractivity contribution in [2.45, 2.75) is 22.6 Å². The van der Waals surface area contributed by atoms with E-state index in [1.54, 1.807) is 18.2 Å². The number of nitrogens with zero attached hydrogens (tertiary/aromatic N) is 2. The Morgan fingerprint density at radius 3 is 2.94 bits per heavy atom. The van der Waals surface area contributed by atoms with Gasteiger partial charge >= 0.3 is 5.97 Å². The lowest BCUT2D eigenvalue weighted by Gasteiger charge is -2.01. The molecule has 2 aromatic rings. The van der Waals surface area contributed by atoms with Gasteiger partial charge in [-0.25, -0.2) is 9.78 Å². The van der Waals surface area contributed by atoms with Crippen molar-refractivity contribution in [1.29, 1.82) is 0 Å². The van der Waals surface area contributed by atoms with Crippen LogP contribution in [-0.2, 0) is 6.42 Å². The van der Waals surface area contributed by atoms with Gasteiger partial charge in [-0.05, 0) is 29.7 Å². The van der Waals surface area contributed by atoms with E-state index in [0.29, 0.717) is 0 Å². The minimum Gasteiger partial charge on any atom is -0.478 e. The molecule has 18 heavy (non-hydrogen) atoms. The lowest BCUT2D eigenvalue weighted by Crippen LogP contribution is -1.97. The quantitative estimate of drug-likeness (QED) is 0.934. The smallest absolute Gasteiger partial charge is 0.337 e.